The number of nitrogens with one attached hydrogen (secondary N) is 1. The molecule has 7 nitrogen and oxygen atoms in total. The first-order valence-electron chi connectivity index (χ1n) is 8.72. The van der Waals surface area contributed by atoms with Gasteiger partial charge in [0, 0.05) is 43.9 Å². The van der Waals surface area contributed by atoms with Crippen molar-refractivity contribution in [3.8, 4) is 11.3 Å². The maximum absolute atomic E-state index is 12.4. The highest BCUT2D eigenvalue weighted by Gasteiger charge is 2.14. The fourth-order valence-electron chi connectivity index (χ4n) is 2.91. The molecule has 27 heavy (non-hydrogen) atoms. The highest BCUT2D eigenvalue weighted by molar-refractivity contribution is 5.77. The SMILES string of the molecule is CN(Cc1cc(-c2ccncc2)no1)C(=O)CCc1nc2ccccc2[nH]1. The van der Waals surface area contributed by atoms with Gasteiger partial charge in [-0.1, -0.05) is 17.3 Å². The number of H-pyrrole nitrogens is 1. The van der Waals surface area contributed by atoms with Crippen molar-refractivity contribution in [3.63, 3.8) is 0 Å². The van der Waals surface area contributed by atoms with E-state index in [-0.39, 0.29) is 5.91 Å². The largest absolute Gasteiger partial charge is 0.359 e. The van der Waals surface area contributed by atoms with Crippen LogP contribution >= 0.6 is 0 Å². The number of aryl methyl sites for hydroxylation is 1. The molecule has 0 aliphatic heterocycles. The second-order valence-corrected chi connectivity index (χ2v) is 6.36. The number of pyridine rings is 1. The van der Waals surface area contributed by atoms with Crippen molar-refractivity contribution in [2.75, 3.05) is 7.05 Å². The number of imidazole rings is 1. The van der Waals surface area contributed by atoms with Crippen molar-refractivity contribution >= 4 is 16.9 Å². The van der Waals surface area contributed by atoms with Crippen molar-refractivity contribution < 1.29 is 9.32 Å². The highest BCUT2D eigenvalue weighted by atomic mass is 16.5. The van der Waals surface area contributed by atoms with Crippen LogP contribution in [0.3, 0.4) is 0 Å². The maximum atomic E-state index is 12.4. The van der Waals surface area contributed by atoms with Gasteiger partial charge >= 0.3 is 0 Å². The third-order valence-corrected chi connectivity index (χ3v) is 4.37. The molecule has 0 aliphatic rings. The quantitative estimate of drug-likeness (QED) is 0.570. The Hall–Kier alpha value is -3.48. The molecule has 3 aromatic heterocycles. The molecule has 7 heteroatoms. The van der Waals surface area contributed by atoms with Crippen LogP contribution in [0.1, 0.15) is 18.0 Å². The second kappa shape index (κ2) is 7.41. The molecule has 4 aromatic rings. The zero-order valence-corrected chi connectivity index (χ0v) is 14.9. The summed E-state index contributed by atoms with van der Waals surface area (Å²) >= 11 is 0. The number of benzene rings is 1. The minimum absolute atomic E-state index is 0.0253. The number of fused-ring (bicyclic) bond motifs is 1. The zero-order valence-electron chi connectivity index (χ0n) is 14.9. The molecule has 0 aliphatic carbocycles. The lowest BCUT2D eigenvalue weighted by molar-refractivity contribution is -0.130. The van der Waals surface area contributed by atoms with Gasteiger partial charge in [0.2, 0.25) is 5.91 Å². The Labute approximate surface area is 156 Å². The average molecular weight is 361 g/mol. The first kappa shape index (κ1) is 17.0. The summed E-state index contributed by atoms with van der Waals surface area (Å²) < 4.78 is 5.36. The van der Waals surface area contributed by atoms with Gasteiger partial charge in [0.15, 0.2) is 5.76 Å². The lowest BCUT2D eigenvalue weighted by Gasteiger charge is -2.14. The first-order valence-corrected chi connectivity index (χ1v) is 8.72. The van der Waals surface area contributed by atoms with Gasteiger partial charge in [-0.15, -0.1) is 0 Å². The van der Waals surface area contributed by atoms with Crippen LogP contribution in [0.15, 0.2) is 59.4 Å². The molecule has 1 aromatic carbocycles. The predicted octanol–water partition coefficient (Wildman–Crippen LogP) is 3.20. The van der Waals surface area contributed by atoms with E-state index in [1.807, 2.05) is 42.5 Å². The summed E-state index contributed by atoms with van der Waals surface area (Å²) in [6, 6.07) is 13.4. The van der Waals surface area contributed by atoms with E-state index in [4.69, 9.17) is 4.52 Å². The molecule has 0 unspecified atom stereocenters. The number of aromatic nitrogens is 4. The van der Waals surface area contributed by atoms with Gasteiger partial charge in [-0.2, -0.15) is 0 Å². The van der Waals surface area contributed by atoms with Crippen molar-refractivity contribution in [1.29, 1.82) is 0 Å². The van der Waals surface area contributed by atoms with E-state index in [0.29, 0.717) is 25.1 Å². The summed E-state index contributed by atoms with van der Waals surface area (Å²) in [7, 11) is 1.76. The Morgan fingerprint density at radius 1 is 1.19 bits per heavy atom. The molecule has 0 atom stereocenters. The average Bonchev–Trinajstić information content (AvgIpc) is 3.33. The van der Waals surface area contributed by atoms with Gasteiger partial charge in [0.05, 0.1) is 17.6 Å². The summed E-state index contributed by atoms with van der Waals surface area (Å²) in [5.41, 5.74) is 3.56. The molecular formula is C20H19N5O2. The molecule has 3 heterocycles. The van der Waals surface area contributed by atoms with Crippen molar-refractivity contribution in [1.82, 2.24) is 25.0 Å². The summed E-state index contributed by atoms with van der Waals surface area (Å²) in [5.74, 6) is 1.48. The number of hydrogen-bond donors (Lipinski definition) is 1. The third-order valence-electron chi connectivity index (χ3n) is 4.37. The number of nitrogens with zero attached hydrogens (tertiary/aromatic N) is 4. The molecular weight excluding hydrogens is 342 g/mol. The summed E-state index contributed by atoms with van der Waals surface area (Å²) in [5, 5.41) is 4.06. The van der Waals surface area contributed by atoms with Crippen LogP contribution in [0.25, 0.3) is 22.3 Å². The fourth-order valence-corrected chi connectivity index (χ4v) is 2.91. The van der Waals surface area contributed by atoms with Crippen molar-refractivity contribution in [2.24, 2.45) is 0 Å². The minimum Gasteiger partial charge on any atom is -0.359 e. The lowest BCUT2D eigenvalue weighted by Crippen LogP contribution is -2.26. The van der Waals surface area contributed by atoms with Crippen LogP contribution in [0.4, 0.5) is 0 Å². The van der Waals surface area contributed by atoms with E-state index in [2.05, 4.69) is 20.1 Å². The molecule has 0 spiro atoms. The molecule has 0 fully saturated rings. The van der Waals surface area contributed by atoms with E-state index in [1.54, 1.807) is 24.3 Å². The number of carbonyl (C=O) groups excluding carboxylic acids is 1. The summed E-state index contributed by atoms with van der Waals surface area (Å²) in [6.07, 6.45) is 4.35. The number of amides is 1. The number of carbonyl (C=O) groups is 1. The summed E-state index contributed by atoms with van der Waals surface area (Å²) in [6.45, 7) is 0.372. The van der Waals surface area contributed by atoms with Crippen molar-refractivity contribution in [2.45, 2.75) is 19.4 Å². The smallest absolute Gasteiger partial charge is 0.223 e. The van der Waals surface area contributed by atoms with Gasteiger partial charge in [-0.05, 0) is 24.3 Å². The normalized spacial score (nSPS) is 11.0. The van der Waals surface area contributed by atoms with Gasteiger partial charge in [0.25, 0.3) is 0 Å². The van der Waals surface area contributed by atoms with E-state index >= 15 is 0 Å². The Balaban J connectivity index is 1.34. The molecule has 0 saturated heterocycles. The standard InChI is InChI=1S/C20H19N5O2/c1-25(13-15-12-18(24-27-15)14-8-10-21-11-9-14)20(26)7-6-19-22-16-4-2-3-5-17(16)23-19/h2-5,8-12H,6-7,13H2,1H3,(H,22,23). The minimum atomic E-state index is 0.0253. The Morgan fingerprint density at radius 3 is 2.81 bits per heavy atom. The van der Waals surface area contributed by atoms with Gasteiger partial charge in [-0.25, -0.2) is 4.98 Å². The molecule has 1 amide bonds. The van der Waals surface area contributed by atoms with E-state index in [1.165, 1.54) is 0 Å². The number of para-hydroxylation sites is 2. The number of aromatic amines is 1. The van der Waals surface area contributed by atoms with E-state index in [9.17, 15) is 4.79 Å². The van der Waals surface area contributed by atoms with Gasteiger partial charge in [0.1, 0.15) is 11.5 Å². The van der Waals surface area contributed by atoms with E-state index in [0.717, 1.165) is 28.1 Å². The predicted molar refractivity (Wildman–Crippen MR) is 101 cm³/mol. The van der Waals surface area contributed by atoms with Crippen LogP contribution in [0.5, 0.6) is 0 Å². The topological polar surface area (TPSA) is 87.9 Å². The first-order chi connectivity index (χ1) is 13.2. The van der Waals surface area contributed by atoms with Crippen LogP contribution in [0.2, 0.25) is 0 Å². The lowest BCUT2D eigenvalue weighted by atomic mass is 10.2. The Morgan fingerprint density at radius 2 is 2.00 bits per heavy atom. The number of hydrogen-bond acceptors (Lipinski definition) is 5. The Kier molecular flexibility index (Phi) is 4.65. The molecule has 1 N–H and O–H groups in total. The monoisotopic (exact) mass is 361 g/mol. The molecule has 0 bridgehead atoms. The third kappa shape index (κ3) is 3.87. The molecule has 0 radical (unpaired) electrons. The van der Waals surface area contributed by atoms with Crippen LogP contribution in [0, 0.1) is 0 Å². The molecule has 0 saturated carbocycles. The van der Waals surface area contributed by atoms with E-state index < -0.39 is 0 Å². The second-order valence-electron chi connectivity index (χ2n) is 6.36. The van der Waals surface area contributed by atoms with Gasteiger partial charge < -0.3 is 14.4 Å². The van der Waals surface area contributed by atoms with Crippen LogP contribution in [-0.4, -0.2) is 38.0 Å². The maximum Gasteiger partial charge on any atom is 0.223 e. The van der Waals surface area contributed by atoms with Crippen LogP contribution < -0.4 is 0 Å². The zero-order chi connectivity index (χ0) is 18.6. The molecule has 136 valence electrons. The molecule has 4 rings (SSSR count). The summed E-state index contributed by atoms with van der Waals surface area (Å²) in [4.78, 5) is 25.8. The Bertz CT molecular complexity index is 1020. The van der Waals surface area contributed by atoms with Crippen LogP contribution in [-0.2, 0) is 17.8 Å². The van der Waals surface area contributed by atoms with Gasteiger partial charge in [-0.3, -0.25) is 9.78 Å². The number of rotatable bonds is 6. The fraction of sp³-hybridized carbons (Fsp3) is 0.200. The highest BCUT2D eigenvalue weighted by Crippen LogP contribution is 2.19. The van der Waals surface area contributed by atoms with Crippen molar-refractivity contribution in [3.05, 3.63) is 66.4 Å².